The Labute approximate surface area is 103 Å². The van der Waals surface area contributed by atoms with Crippen LogP contribution < -0.4 is 5.32 Å². The number of hydrogen-bond acceptors (Lipinski definition) is 2. The number of rotatable bonds is 7. The Hall–Kier alpha value is -0.220. The highest BCUT2D eigenvalue weighted by Gasteiger charge is 2.36. The Bertz CT molecular complexity index is 214. The number of halogens is 2. The highest BCUT2D eigenvalue weighted by molar-refractivity contribution is 4.89. The van der Waals surface area contributed by atoms with Gasteiger partial charge in [0.2, 0.25) is 0 Å². The monoisotopic (exact) mass is 249 g/mol. The predicted molar refractivity (Wildman–Crippen MR) is 65.5 cm³/mol. The molecule has 102 valence electrons. The largest absolute Gasteiger partial charge is 0.368 e. The van der Waals surface area contributed by atoms with E-state index in [1.54, 1.807) is 0 Å². The average molecular weight is 249 g/mol. The van der Waals surface area contributed by atoms with Crippen LogP contribution in [0.3, 0.4) is 0 Å². The van der Waals surface area contributed by atoms with Gasteiger partial charge in [-0.15, -0.1) is 0 Å². The molecule has 0 radical (unpaired) electrons. The maximum absolute atomic E-state index is 12.3. The molecule has 0 aliphatic heterocycles. The Morgan fingerprint density at radius 2 is 2.24 bits per heavy atom. The summed E-state index contributed by atoms with van der Waals surface area (Å²) < 4.78 is 30.1. The van der Waals surface area contributed by atoms with Crippen molar-refractivity contribution >= 4 is 0 Å². The molecule has 0 bridgehead atoms. The fourth-order valence-corrected chi connectivity index (χ4v) is 2.69. The quantitative estimate of drug-likeness (QED) is 0.699. The summed E-state index contributed by atoms with van der Waals surface area (Å²) in [6.45, 7) is 5.48. The van der Waals surface area contributed by atoms with Gasteiger partial charge in [-0.25, -0.2) is 8.78 Å². The second-order valence-electron chi connectivity index (χ2n) is 5.26. The van der Waals surface area contributed by atoms with Gasteiger partial charge in [0.15, 0.2) is 0 Å². The second kappa shape index (κ2) is 7.27. The van der Waals surface area contributed by atoms with Crippen LogP contribution >= 0.6 is 0 Å². The van der Waals surface area contributed by atoms with Crippen LogP contribution in [-0.2, 0) is 4.74 Å². The SMILES string of the molecule is CCCNCC1(OCC(F)F)CCCC(C)C1. The van der Waals surface area contributed by atoms with E-state index in [-0.39, 0.29) is 5.60 Å². The van der Waals surface area contributed by atoms with Gasteiger partial charge in [0.1, 0.15) is 6.61 Å². The summed E-state index contributed by atoms with van der Waals surface area (Å²) in [5.74, 6) is 0.574. The molecule has 1 saturated carbocycles. The van der Waals surface area contributed by atoms with Crippen molar-refractivity contribution in [2.24, 2.45) is 5.92 Å². The van der Waals surface area contributed by atoms with Crippen molar-refractivity contribution < 1.29 is 13.5 Å². The second-order valence-corrected chi connectivity index (χ2v) is 5.26. The van der Waals surface area contributed by atoms with Crippen molar-refractivity contribution in [1.82, 2.24) is 5.32 Å². The standard InChI is InChI=1S/C13H25F2NO/c1-3-7-16-10-13(17-9-12(14)15)6-4-5-11(2)8-13/h11-12,16H,3-10H2,1-2H3. The third-order valence-corrected chi connectivity index (χ3v) is 3.44. The molecule has 2 atom stereocenters. The molecule has 17 heavy (non-hydrogen) atoms. The fourth-order valence-electron chi connectivity index (χ4n) is 2.69. The van der Waals surface area contributed by atoms with Crippen molar-refractivity contribution in [2.45, 2.75) is 58.0 Å². The van der Waals surface area contributed by atoms with Crippen LogP contribution in [-0.4, -0.2) is 31.7 Å². The van der Waals surface area contributed by atoms with Gasteiger partial charge in [-0.2, -0.15) is 0 Å². The summed E-state index contributed by atoms with van der Waals surface area (Å²) in [5, 5.41) is 3.32. The first-order valence-corrected chi connectivity index (χ1v) is 6.71. The predicted octanol–water partition coefficient (Wildman–Crippen LogP) is 3.22. The van der Waals surface area contributed by atoms with Gasteiger partial charge in [0.05, 0.1) is 5.60 Å². The smallest absolute Gasteiger partial charge is 0.261 e. The summed E-state index contributed by atoms with van der Waals surface area (Å²) in [7, 11) is 0. The van der Waals surface area contributed by atoms with Crippen LogP contribution in [0.15, 0.2) is 0 Å². The van der Waals surface area contributed by atoms with E-state index in [4.69, 9.17) is 4.74 Å². The van der Waals surface area contributed by atoms with Crippen molar-refractivity contribution in [1.29, 1.82) is 0 Å². The van der Waals surface area contributed by atoms with Gasteiger partial charge < -0.3 is 10.1 Å². The molecule has 0 aromatic rings. The van der Waals surface area contributed by atoms with Gasteiger partial charge in [-0.3, -0.25) is 0 Å². The molecule has 4 heteroatoms. The number of alkyl halides is 2. The Morgan fingerprint density at radius 3 is 2.82 bits per heavy atom. The van der Waals surface area contributed by atoms with E-state index in [0.29, 0.717) is 12.5 Å². The third-order valence-electron chi connectivity index (χ3n) is 3.44. The lowest BCUT2D eigenvalue weighted by atomic mass is 9.78. The van der Waals surface area contributed by atoms with Crippen LogP contribution in [0.4, 0.5) is 8.78 Å². The van der Waals surface area contributed by atoms with E-state index in [1.807, 2.05) is 0 Å². The van der Waals surface area contributed by atoms with E-state index < -0.39 is 13.0 Å². The number of nitrogens with one attached hydrogen (secondary N) is 1. The highest BCUT2D eigenvalue weighted by Crippen LogP contribution is 2.35. The van der Waals surface area contributed by atoms with Crippen molar-refractivity contribution in [3.8, 4) is 0 Å². The molecular weight excluding hydrogens is 224 g/mol. The van der Waals surface area contributed by atoms with Crippen LogP contribution in [0.2, 0.25) is 0 Å². The van der Waals surface area contributed by atoms with Gasteiger partial charge in [0.25, 0.3) is 6.43 Å². The van der Waals surface area contributed by atoms with E-state index >= 15 is 0 Å². The lowest BCUT2D eigenvalue weighted by molar-refractivity contribution is -0.113. The van der Waals surface area contributed by atoms with Crippen LogP contribution in [0.5, 0.6) is 0 Å². The van der Waals surface area contributed by atoms with Crippen LogP contribution in [0.1, 0.15) is 46.0 Å². The van der Waals surface area contributed by atoms with Crippen molar-refractivity contribution in [2.75, 3.05) is 19.7 Å². The third kappa shape index (κ3) is 5.30. The van der Waals surface area contributed by atoms with E-state index in [9.17, 15) is 8.78 Å². The Kier molecular flexibility index (Phi) is 6.34. The maximum Gasteiger partial charge on any atom is 0.261 e. The first kappa shape index (κ1) is 14.8. The molecule has 0 aromatic heterocycles. The van der Waals surface area contributed by atoms with E-state index in [0.717, 1.165) is 32.2 Å². The molecule has 0 aromatic carbocycles. The molecule has 0 spiro atoms. The molecule has 0 heterocycles. The van der Waals surface area contributed by atoms with E-state index in [2.05, 4.69) is 19.2 Å². The highest BCUT2D eigenvalue weighted by atomic mass is 19.3. The summed E-state index contributed by atoms with van der Waals surface area (Å²) in [6, 6.07) is 0. The van der Waals surface area contributed by atoms with E-state index in [1.165, 1.54) is 6.42 Å². The molecule has 0 amide bonds. The molecule has 1 N–H and O–H groups in total. The van der Waals surface area contributed by atoms with Crippen LogP contribution in [0.25, 0.3) is 0 Å². The van der Waals surface area contributed by atoms with Gasteiger partial charge in [-0.1, -0.05) is 26.7 Å². The lowest BCUT2D eigenvalue weighted by Gasteiger charge is -2.40. The summed E-state index contributed by atoms with van der Waals surface area (Å²) in [6.07, 6.45) is 2.76. The molecule has 2 nitrogen and oxygen atoms in total. The molecule has 1 fully saturated rings. The summed E-state index contributed by atoms with van der Waals surface area (Å²) >= 11 is 0. The first-order valence-electron chi connectivity index (χ1n) is 6.71. The summed E-state index contributed by atoms with van der Waals surface area (Å²) in [4.78, 5) is 0. The molecule has 0 saturated heterocycles. The minimum atomic E-state index is -2.37. The molecular formula is C13H25F2NO. The topological polar surface area (TPSA) is 21.3 Å². The molecule has 1 rings (SSSR count). The normalized spacial score (nSPS) is 29.8. The fraction of sp³-hybridized carbons (Fsp3) is 1.00. The maximum atomic E-state index is 12.3. The number of hydrogen-bond donors (Lipinski definition) is 1. The number of ether oxygens (including phenoxy) is 1. The summed E-state index contributed by atoms with van der Waals surface area (Å²) in [5.41, 5.74) is -0.358. The average Bonchev–Trinajstić information content (AvgIpc) is 2.27. The Balaban J connectivity index is 2.49. The molecule has 1 aliphatic rings. The van der Waals surface area contributed by atoms with Crippen molar-refractivity contribution in [3.63, 3.8) is 0 Å². The van der Waals surface area contributed by atoms with Gasteiger partial charge >= 0.3 is 0 Å². The molecule has 2 unspecified atom stereocenters. The zero-order chi connectivity index (χ0) is 12.7. The first-order chi connectivity index (χ1) is 8.08. The van der Waals surface area contributed by atoms with Gasteiger partial charge in [0, 0.05) is 6.54 Å². The van der Waals surface area contributed by atoms with Crippen LogP contribution in [0, 0.1) is 5.92 Å². The zero-order valence-corrected chi connectivity index (χ0v) is 11.0. The van der Waals surface area contributed by atoms with Gasteiger partial charge in [-0.05, 0) is 31.7 Å². The van der Waals surface area contributed by atoms with Crippen molar-refractivity contribution in [3.05, 3.63) is 0 Å². The lowest BCUT2D eigenvalue weighted by Crippen LogP contribution is -2.47. The minimum absolute atomic E-state index is 0.358. The Morgan fingerprint density at radius 1 is 1.47 bits per heavy atom. The minimum Gasteiger partial charge on any atom is -0.368 e. The zero-order valence-electron chi connectivity index (χ0n) is 11.0. The molecule has 1 aliphatic carbocycles.